The third-order valence-electron chi connectivity index (χ3n) is 3.49. The zero-order valence-corrected chi connectivity index (χ0v) is 13.0. The Hall–Kier alpha value is -1.52. The molecular weight excluding hydrogens is 318 g/mol. The van der Waals surface area contributed by atoms with E-state index in [1.165, 1.54) is 0 Å². The largest absolute Gasteiger partial charge is 0.461 e. The second-order valence-corrected chi connectivity index (χ2v) is 5.43. The molecule has 0 aliphatic rings. The lowest BCUT2D eigenvalue weighted by molar-refractivity contribution is 0.441. The van der Waals surface area contributed by atoms with Gasteiger partial charge < -0.3 is 14.2 Å². The van der Waals surface area contributed by atoms with Crippen LogP contribution < -0.4 is 5.32 Å². The molecular formula is C16H16BrNO2. The summed E-state index contributed by atoms with van der Waals surface area (Å²) in [5.41, 5.74) is 2.08. The molecule has 2 aromatic heterocycles. The average molecular weight is 334 g/mol. The molecule has 0 amide bonds. The Morgan fingerprint density at radius 2 is 1.95 bits per heavy atom. The number of fused-ring (bicyclic) bond motifs is 1. The SMILES string of the molecule is CCc1oc2ccccc2c1C(NC)c1ccc(Br)o1. The summed E-state index contributed by atoms with van der Waals surface area (Å²) in [5.74, 6) is 1.87. The molecule has 0 saturated heterocycles. The molecule has 1 unspecified atom stereocenters. The van der Waals surface area contributed by atoms with Crippen molar-refractivity contribution in [2.24, 2.45) is 0 Å². The van der Waals surface area contributed by atoms with E-state index in [9.17, 15) is 0 Å². The number of hydrogen-bond acceptors (Lipinski definition) is 3. The Morgan fingerprint density at radius 3 is 2.60 bits per heavy atom. The molecule has 20 heavy (non-hydrogen) atoms. The summed E-state index contributed by atoms with van der Waals surface area (Å²) in [6.45, 7) is 2.10. The van der Waals surface area contributed by atoms with Crippen molar-refractivity contribution in [3.05, 3.63) is 58.2 Å². The van der Waals surface area contributed by atoms with E-state index >= 15 is 0 Å². The summed E-state index contributed by atoms with van der Waals surface area (Å²) >= 11 is 3.36. The molecule has 0 bridgehead atoms. The Bertz CT molecular complexity index is 729. The number of hydrogen-bond donors (Lipinski definition) is 1. The van der Waals surface area contributed by atoms with Crippen LogP contribution in [0.25, 0.3) is 11.0 Å². The van der Waals surface area contributed by atoms with Crippen molar-refractivity contribution in [1.82, 2.24) is 5.32 Å². The van der Waals surface area contributed by atoms with Crippen LogP contribution in [-0.2, 0) is 6.42 Å². The van der Waals surface area contributed by atoms with E-state index in [-0.39, 0.29) is 6.04 Å². The second kappa shape index (κ2) is 5.46. The first kappa shape index (κ1) is 13.5. The minimum atomic E-state index is -0.0140. The maximum atomic E-state index is 5.97. The van der Waals surface area contributed by atoms with Gasteiger partial charge >= 0.3 is 0 Å². The monoisotopic (exact) mass is 333 g/mol. The van der Waals surface area contributed by atoms with Crippen LogP contribution in [0.4, 0.5) is 0 Å². The Morgan fingerprint density at radius 1 is 1.15 bits per heavy atom. The molecule has 0 aliphatic heterocycles. The fourth-order valence-corrected chi connectivity index (χ4v) is 2.93. The van der Waals surface area contributed by atoms with E-state index in [1.54, 1.807) is 0 Å². The predicted octanol–water partition coefficient (Wildman–Crippen LogP) is 4.66. The molecule has 1 N–H and O–H groups in total. The summed E-state index contributed by atoms with van der Waals surface area (Å²) in [6.07, 6.45) is 0.851. The van der Waals surface area contributed by atoms with E-state index < -0.39 is 0 Å². The third-order valence-corrected chi connectivity index (χ3v) is 3.91. The van der Waals surface area contributed by atoms with Crippen LogP contribution in [0.2, 0.25) is 0 Å². The first-order valence-electron chi connectivity index (χ1n) is 6.67. The van der Waals surface area contributed by atoms with Gasteiger partial charge in [0, 0.05) is 17.4 Å². The minimum Gasteiger partial charge on any atom is -0.461 e. The van der Waals surface area contributed by atoms with Gasteiger partial charge in [0.2, 0.25) is 0 Å². The summed E-state index contributed by atoms with van der Waals surface area (Å²) in [4.78, 5) is 0. The first-order chi connectivity index (χ1) is 9.74. The highest BCUT2D eigenvalue weighted by atomic mass is 79.9. The maximum absolute atomic E-state index is 5.97. The molecule has 3 nitrogen and oxygen atoms in total. The lowest BCUT2D eigenvalue weighted by atomic mass is 10.00. The van der Waals surface area contributed by atoms with Crippen LogP contribution >= 0.6 is 15.9 Å². The highest BCUT2D eigenvalue weighted by molar-refractivity contribution is 9.10. The molecule has 3 rings (SSSR count). The number of furan rings is 2. The summed E-state index contributed by atoms with van der Waals surface area (Å²) in [7, 11) is 1.93. The van der Waals surface area contributed by atoms with Crippen molar-refractivity contribution in [1.29, 1.82) is 0 Å². The fourth-order valence-electron chi connectivity index (χ4n) is 2.61. The number of nitrogens with one attached hydrogen (secondary N) is 1. The number of para-hydroxylation sites is 1. The smallest absolute Gasteiger partial charge is 0.169 e. The van der Waals surface area contributed by atoms with E-state index in [2.05, 4.69) is 34.2 Å². The molecule has 104 valence electrons. The molecule has 2 heterocycles. The van der Waals surface area contributed by atoms with E-state index in [0.29, 0.717) is 0 Å². The quantitative estimate of drug-likeness (QED) is 0.754. The predicted molar refractivity (Wildman–Crippen MR) is 82.9 cm³/mol. The number of benzene rings is 1. The highest BCUT2D eigenvalue weighted by Gasteiger charge is 2.24. The minimum absolute atomic E-state index is 0.0140. The van der Waals surface area contributed by atoms with Gasteiger partial charge in [-0.25, -0.2) is 0 Å². The molecule has 4 heteroatoms. The van der Waals surface area contributed by atoms with Crippen molar-refractivity contribution in [2.45, 2.75) is 19.4 Å². The van der Waals surface area contributed by atoms with E-state index in [4.69, 9.17) is 8.83 Å². The third kappa shape index (κ3) is 2.19. The Kier molecular flexibility index (Phi) is 3.68. The zero-order chi connectivity index (χ0) is 14.1. The standard InChI is InChI=1S/C16H16BrNO2/c1-3-11-15(10-6-4-5-7-12(10)19-11)16(18-2)13-8-9-14(17)20-13/h4-9,16,18H,3H2,1-2H3. The van der Waals surface area contributed by atoms with Gasteiger partial charge in [-0.3, -0.25) is 0 Å². The van der Waals surface area contributed by atoms with Gasteiger partial charge in [0.1, 0.15) is 17.1 Å². The van der Waals surface area contributed by atoms with Crippen LogP contribution in [0.1, 0.15) is 30.0 Å². The lowest BCUT2D eigenvalue weighted by Crippen LogP contribution is -2.18. The second-order valence-electron chi connectivity index (χ2n) is 4.65. The van der Waals surface area contributed by atoms with Crippen LogP contribution in [0.5, 0.6) is 0 Å². The zero-order valence-electron chi connectivity index (χ0n) is 11.4. The Balaban J connectivity index is 2.20. The first-order valence-corrected chi connectivity index (χ1v) is 7.46. The highest BCUT2D eigenvalue weighted by Crippen LogP contribution is 2.35. The van der Waals surface area contributed by atoms with Gasteiger partial charge in [0.15, 0.2) is 4.67 Å². The molecule has 1 atom stereocenters. The van der Waals surface area contributed by atoms with Crippen LogP contribution in [0.15, 0.2) is 49.9 Å². The van der Waals surface area contributed by atoms with Crippen LogP contribution in [0.3, 0.4) is 0 Å². The van der Waals surface area contributed by atoms with Crippen LogP contribution in [0, 0.1) is 0 Å². The van der Waals surface area contributed by atoms with Gasteiger partial charge in [-0.1, -0.05) is 25.1 Å². The van der Waals surface area contributed by atoms with E-state index in [1.807, 2.05) is 37.4 Å². The average Bonchev–Trinajstić information content (AvgIpc) is 3.05. The van der Waals surface area contributed by atoms with Crippen molar-refractivity contribution >= 4 is 26.9 Å². The van der Waals surface area contributed by atoms with Gasteiger partial charge in [-0.2, -0.15) is 0 Å². The van der Waals surface area contributed by atoms with Gasteiger partial charge in [0.05, 0.1) is 6.04 Å². The summed E-state index contributed by atoms with van der Waals surface area (Å²) in [5, 5.41) is 4.46. The van der Waals surface area contributed by atoms with Crippen LogP contribution in [-0.4, -0.2) is 7.05 Å². The Labute approximate surface area is 126 Å². The molecule has 0 aliphatic carbocycles. The normalized spacial score (nSPS) is 12.9. The van der Waals surface area contributed by atoms with Crippen molar-refractivity contribution < 1.29 is 8.83 Å². The summed E-state index contributed by atoms with van der Waals surface area (Å²) < 4.78 is 12.4. The van der Waals surface area contributed by atoms with Crippen molar-refractivity contribution in [3.63, 3.8) is 0 Å². The molecule has 0 saturated carbocycles. The lowest BCUT2D eigenvalue weighted by Gasteiger charge is -2.14. The molecule has 3 aromatic rings. The fraction of sp³-hybridized carbons (Fsp3) is 0.250. The molecule has 0 radical (unpaired) electrons. The van der Waals surface area contributed by atoms with Gasteiger partial charge in [0.25, 0.3) is 0 Å². The van der Waals surface area contributed by atoms with Crippen molar-refractivity contribution in [2.75, 3.05) is 7.05 Å². The van der Waals surface area contributed by atoms with Crippen molar-refractivity contribution in [3.8, 4) is 0 Å². The van der Waals surface area contributed by atoms with Gasteiger partial charge in [-0.15, -0.1) is 0 Å². The maximum Gasteiger partial charge on any atom is 0.169 e. The molecule has 0 spiro atoms. The topological polar surface area (TPSA) is 38.3 Å². The number of halogens is 1. The molecule has 1 aromatic carbocycles. The number of rotatable bonds is 4. The number of aryl methyl sites for hydroxylation is 1. The van der Waals surface area contributed by atoms with Gasteiger partial charge in [-0.05, 0) is 41.2 Å². The molecule has 0 fully saturated rings. The van der Waals surface area contributed by atoms with E-state index in [0.717, 1.165) is 39.1 Å². The summed E-state index contributed by atoms with van der Waals surface area (Å²) in [6, 6.07) is 12.0.